The first kappa shape index (κ1) is 13.3. The van der Waals surface area contributed by atoms with Crippen molar-refractivity contribution in [2.24, 2.45) is 5.41 Å². The van der Waals surface area contributed by atoms with Crippen LogP contribution >= 0.6 is 0 Å². The zero-order valence-electron chi connectivity index (χ0n) is 10.6. The lowest BCUT2D eigenvalue weighted by atomic mass is 9.74. The molecule has 1 aliphatic heterocycles. The quantitative estimate of drug-likeness (QED) is 0.664. The minimum absolute atomic E-state index is 0.0497. The third-order valence-corrected chi connectivity index (χ3v) is 4.29. The van der Waals surface area contributed by atoms with Gasteiger partial charge in [0.2, 0.25) is 0 Å². The molecule has 1 saturated heterocycles. The summed E-state index contributed by atoms with van der Waals surface area (Å²) in [5, 5.41) is 23.0. The van der Waals surface area contributed by atoms with Crippen LogP contribution in [0.4, 0.5) is 0 Å². The fraction of sp³-hybridized carbons (Fsp3) is 1.00. The molecule has 2 rings (SSSR count). The first-order valence-corrected chi connectivity index (χ1v) is 6.80. The van der Waals surface area contributed by atoms with Gasteiger partial charge in [-0.05, 0) is 12.8 Å². The first-order chi connectivity index (χ1) is 8.18. The van der Waals surface area contributed by atoms with Crippen LogP contribution in [0.5, 0.6) is 0 Å². The van der Waals surface area contributed by atoms with E-state index < -0.39 is 5.60 Å². The predicted octanol–water partition coefficient (Wildman–Crippen LogP) is 0.670. The molecule has 17 heavy (non-hydrogen) atoms. The maximum atomic E-state index is 10.1. The van der Waals surface area contributed by atoms with E-state index in [1.165, 1.54) is 19.3 Å². The van der Waals surface area contributed by atoms with Crippen molar-refractivity contribution in [2.45, 2.75) is 44.1 Å². The minimum Gasteiger partial charge on any atom is -0.396 e. The van der Waals surface area contributed by atoms with E-state index in [0.29, 0.717) is 26.2 Å². The molecule has 1 saturated carbocycles. The third-order valence-electron chi connectivity index (χ3n) is 4.29. The Morgan fingerprint density at radius 1 is 1.06 bits per heavy atom. The van der Waals surface area contributed by atoms with Gasteiger partial charge >= 0.3 is 0 Å². The zero-order chi connectivity index (χ0) is 12.2. The van der Waals surface area contributed by atoms with E-state index >= 15 is 0 Å². The summed E-state index contributed by atoms with van der Waals surface area (Å²) < 4.78 is 5.21. The van der Waals surface area contributed by atoms with Gasteiger partial charge in [0.15, 0.2) is 0 Å². The summed E-state index contributed by atoms with van der Waals surface area (Å²) in [6.45, 7) is 2.74. The summed E-state index contributed by atoms with van der Waals surface area (Å²) in [7, 11) is 0. The molecule has 3 N–H and O–H groups in total. The topological polar surface area (TPSA) is 61.7 Å². The van der Waals surface area contributed by atoms with Crippen molar-refractivity contribution >= 4 is 0 Å². The number of aliphatic hydroxyl groups excluding tert-OH is 1. The minimum atomic E-state index is -0.689. The van der Waals surface area contributed by atoms with Crippen LogP contribution in [-0.2, 0) is 4.74 Å². The van der Waals surface area contributed by atoms with Crippen LogP contribution in [0.2, 0.25) is 0 Å². The number of hydrogen-bond donors (Lipinski definition) is 3. The largest absolute Gasteiger partial charge is 0.396 e. The Morgan fingerprint density at radius 3 is 2.41 bits per heavy atom. The second-order valence-corrected chi connectivity index (χ2v) is 5.85. The molecular formula is C13H25NO3. The normalized spacial score (nSPS) is 32.8. The Hall–Kier alpha value is -0.160. The van der Waals surface area contributed by atoms with Crippen LogP contribution < -0.4 is 5.32 Å². The van der Waals surface area contributed by atoms with Crippen LogP contribution in [0, 0.1) is 5.41 Å². The standard InChI is InChI=1S/C13H25NO3/c15-10-12(4-2-1-3-5-12)8-14-9-13(16)6-7-17-11-13/h14-16H,1-11H2. The van der Waals surface area contributed by atoms with Gasteiger partial charge in [-0.2, -0.15) is 0 Å². The van der Waals surface area contributed by atoms with Gasteiger partial charge in [0.1, 0.15) is 5.60 Å². The number of hydrogen-bond acceptors (Lipinski definition) is 4. The Bertz CT molecular complexity index is 233. The number of rotatable bonds is 5. The van der Waals surface area contributed by atoms with E-state index in [9.17, 15) is 10.2 Å². The molecule has 0 radical (unpaired) electrons. The maximum absolute atomic E-state index is 10.1. The van der Waals surface area contributed by atoms with Crippen molar-refractivity contribution in [3.63, 3.8) is 0 Å². The molecule has 0 bridgehead atoms. The van der Waals surface area contributed by atoms with Gasteiger partial charge in [-0.1, -0.05) is 19.3 Å². The van der Waals surface area contributed by atoms with Crippen molar-refractivity contribution in [1.82, 2.24) is 5.32 Å². The number of aliphatic hydroxyl groups is 2. The molecule has 100 valence electrons. The van der Waals surface area contributed by atoms with Gasteiger partial charge in [-0.3, -0.25) is 0 Å². The van der Waals surface area contributed by atoms with E-state index in [0.717, 1.165) is 19.4 Å². The Morgan fingerprint density at radius 2 is 1.82 bits per heavy atom. The molecule has 2 fully saturated rings. The lowest BCUT2D eigenvalue weighted by molar-refractivity contribution is 0.0189. The van der Waals surface area contributed by atoms with E-state index in [2.05, 4.69) is 5.32 Å². The summed E-state index contributed by atoms with van der Waals surface area (Å²) in [6, 6.07) is 0. The van der Waals surface area contributed by atoms with Gasteiger partial charge < -0.3 is 20.3 Å². The molecule has 1 aliphatic carbocycles. The summed E-state index contributed by atoms with van der Waals surface area (Å²) >= 11 is 0. The smallest absolute Gasteiger partial charge is 0.102 e. The second kappa shape index (κ2) is 5.65. The fourth-order valence-corrected chi connectivity index (χ4v) is 2.99. The highest BCUT2D eigenvalue weighted by Gasteiger charge is 2.35. The molecule has 4 nitrogen and oxygen atoms in total. The Balaban J connectivity index is 1.75. The summed E-state index contributed by atoms with van der Waals surface area (Å²) in [5.74, 6) is 0. The van der Waals surface area contributed by atoms with Crippen molar-refractivity contribution in [1.29, 1.82) is 0 Å². The average Bonchev–Trinajstić information content (AvgIpc) is 2.77. The molecule has 1 atom stereocenters. The van der Waals surface area contributed by atoms with Gasteiger partial charge in [0.05, 0.1) is 6.61 Å². The summed E-state index contributed by atoms with van der Waals surface area (Å²) in [6.07, 6.45) is 6.65. The number of ether oxygens (including phenoxy) is 1. The first-order valence-electron chi connectivity index (χ1n) is 6.80. The fourth-order valence-electron chi connectivity index (χ4n) is 2.99. The van der Waals surface area contributed by atoms with Gasteiger partial charge in [0, 0.05) is 38.1 Å². The highest BCUT2D eigenvalue weighted by atomic mass is 16.5. The maximum Gasteiger partial charge on any atom is 0.102 e. The molecule has 1 unspecified atom stereocenters. The third kappa shape index (κ3) is 3.41. The highest BCUT2D eigenvalue weighted by Crippen LogP contribution is 2.35. The molecule has 0 aromatic rings. The van der Waals surface area contributed by atoms with Crippen molar-refractivity contribution in [2.75, 3.05) is 32.9 Å². The monoisotopic (exact) mass is 243 g/mol. The van der Waals surface area contributed by atoms with E-state index in [1.54, 1.807) is 0 Å². The van der Waals surface area contributed by atoms with Gasteiger partial charge in [-0.25, -0.2) is 0 Å². The lowest BCUT2D eigenvalue weighted by Crippen LogP contribution is -2.46. The SMILES string of the molecule is OCC1(CNCC2(O)CCOC2)CCCCC1. The van der Waals surface area contributed by atoms with E-state index in [-0.39, 0.29) is 12.0 Å². The second-order valence-electron chi connectivity index (χ2n) is 5.85. The van der Waals surface area contributed by atoms with Crippen LogP contribution in [0.15, 0.2) is 0 Å². The van der Waals surface area contributed by atoms with Crippen LogP contribution in [0.25, 0.3) is 0 Å². The molecular weight excluding hydrogens is 218 g/mol. The molecule has 0 aromatic carbocycles. The molecule has 2 aliphatic rings. The predicted molar refractivity (Wildman–Crippen MR) is 65.9 cm³/mol. The van der Waals surface area contributed by atoms with Crippen LogP contribution in [0.1, 0.15) is 38.5 Å². The van der Waals surface area contributed by atoms with E-state index in [1.807, 2.05) is 0 Å². The van der Waals surface area contributed by atoms with Crippen molar-refractivity contribution in [3.8, 4) is 0 Å². The summed E-state index contributed by atoms with van der Waals surface area (Å²) in [4.78, 5) is 0. The number of nitrogens with one attached hydrogen (secondary N) is 1. The van der Waals surface area contributed by atoms with Crippen LogP contribution in [0.3, 0.4) is 0 Å². The van der Waals surface area contributed by atoms with Gasteiger partial charge in [-0.15, -0.1) is 0 Å². The lowest BCUT2D eigenvalue weighted by Gasteiger charge is -2.36. The zero-order valence-corrected chi connectivity index (χ0v) is 10.6. The van der Waals surface area contributed by atoms with Crippen LogP contribution in [-0.4, -0.2) is 48.7 Å². The molecule has 4 heteroatoms. The Kier molecular flexibility index (Phi) is 4.42. The average molecular weight is 243 g/mol. The molecule has 0 amide bonds. The molecule has 1 heterocycles. The van der Waals surface area contributed by atoms with Gasteiger partial charge in [0.25, 0.3) is 0 Å². The van der Waals surface area contributed by atoms with Crippen molar-refractivity contribution in [3.05, 3.63) is 0 Å². The summed E-state index contributed by atoms with van der Waals surface area (Å²) in [5.41, 5.74) is -0.640. The molecule has 0 spiro atoms. The Labute approximate surface area is 103 Å². The van der Waals surface area contributed by atoms with E-state index in [4.69, 9.17) is 4.74 Å². The highest BCUT2D eigenvalue weighted by molar-refractivity contribution is 4.88. The van der Waals surface area contributed by atoms with Crippen molar-refractivity contribution < 1.29 is 14.9 Å². The molecule has 0 aromatic heterocycles.